The Labute approximate surface area is 163 Å². The Hall–Kier alpha value is -3.15. The fraction of sp³-hybridized carbons (Fsp3) is 0.318. The number of rotatable bonds is 3. The van der Waals surface area contributed by atoms with Gasteiger partial charge in [0.05, 0.1) is 25.0 Å². The summed E-state index contributed by atoms with van der Waals surface area (Å²) in [4.78, 5) is 27.3. The molecule has 1 aliphatic heterocycles. The summed E-state index contributed by atoms with van der Waals surface area (Å²) in [6.45, 7) is 1.25. The van der Waals surface area contributed by atoms with Gasteiger partial charge < -0.3 is 14.6 Å². The Morgan fingerprint density at radius 3 is 2.86 bits per heavy atom. The predicted molar refractivity (Wildman–Crippen MR) is 105 cm³/mol. The fourth-order valence-electron chi connectivity index (χ4n) is 4.13. The summed E-state index contributed by atoms with van der Waals surface area (Å²) in [5.41, 5.74) is 6.47. The molecule has 0 atom stereocenters. The molecule has 142 valence electrons. The van der Waals surface area contributed by atoms with Crippen molar-refractivity contribution < 1.29 is 9.53 Å². The van der Waals surface area contributed by atoms with E-state index >= 15 is 0 Å². The Bertz CT molecular complexity index is 1040. The third-order valence-corrected chi connectivity index (χ3v) is 5.68. The van der Waals surface area contributed by atoms with Crippen LogP contribution in [0.25, 0.3) is 11.4 Å². The molecule has 0 saturated carbocycles. The number of ether oxygens (including phenoxy) is 1. The highest BCUT2D eigenvalue weighted by Crippen LogP contribution is 2.26. The second kappa shape index (κ2) is 6.78. The summed E-state index contributed by atoms with van der Waals surface area (Å²) in [5, 5.41) is 0. The second-order valence-corrected chi connectivity index (χ2v) is 7.41. The molecule has 0 bridgehead atoms. The lowest BCUT2D eigenvalue weighted by Gasteiger charge is -2.26. The largest absolute Gasteiger partial charge is 0.481 e. The summed E-state index contributed by atoms with van der Waals surface area (Å²) in [5.74, 6) is 1.46. The van der Waals surface area contributed by atoms with Crippen molar-refractivity contribution in [2.24, 2.45) is 0 Å². The molecule has 0 saturated heterocycles. The first-order valence-corrected chi connectivity index (χ1v) is 9.70. The highest BCUT2D eigenvalue weighted by Gasteiger charge is 2.25. The number of methoxy groups -OCH3 is 1. The molecule has 1 aliphatic carbocycles. The predicted octanol–water partition coefficient (Wildman–Crippen LogP) is 3.17. The molecule has 1 amide bonds. The van der Waals surface area contributed by atoms with Crippen LogP contribution in [0.3, 0.4) is 0 Å². The Morgan fingerprint density at radius 2 is 2.04 bits per heavy atom. The van der Waals surface area contributed by atoms with Crippen LogP contribution in [-0.2, 0) is 25.8 Å². The van der Waals surface area contributed by atoms with Gasteiger partial charge in [-0.2, -0.15) is 0 Å². The molecule has 3 aromatic rings. The average Bonchev–Trinajstić information content (AvgIpc) is 3.38. The van der Waals surface area contributed by atoms with Crippen molar-refractivity contribution in [3.8, 4) is 17.3 Å². The third kappa shape index (κ3) is 2.95. The van der Waals surface area contributed by atoms with Gasteiger partial charge >= 0.3 is 0 Å². The molecule has 1 N–H and O–H groups in total. The normalized spacial score (nSPS) is 15.2. The van der Waals surface area contributed by atoms with Gasteiger partial charge in [0.2, 0.25) is 5.88 Å². The lowest BCUT2D eigenvalue weighted by molar-refractivity contribution is 0.0732. The molecular weight excluding hydrogens is 352 g/mol. The molecule has 28 heavy (non-hydrogen) atoms. The van der Waals surface area contributed by atoms with Crippen molar-refractivity contribution in [3.63, 3.8) is 0 Å². The molecule has 0 fully saturated rings. The number of aromatic nitrogens is 3. The number of hydrogen-bond donors (Lipinski definition) is 1. The number of carbonyl (C=O) groups excluding carboxylic acids is 1. The molecule has 6 nitrogen and oxygen atoms in total. The quantitative estimate of drug-likeness (QED) is 0.764. The summed E-state index contributed by atoms with van der Waals surface area (Å²) in [7, 11) is 1.60. The highest BCUT2D eigenvalue weighted by atomic mass is 16.5. The molecular formula is C22H22N4O2. The fourth-order valence-corrected chi connectivity index (χ4v) is 4.13. The SMILES string of the molecule is COc1ccc(-c2nc3c([nH]2)CN(C(=O)c2ccc4c(c2)CCC4)CC3)cn1. The number of carbonyl (C=O) groups is 1. The van der Waals surface area contributed by atoms with Crippen molar-refractivity contribution in [1.82, 2.24) is 19.9 Å². The van der Waals surface area contributed by atoms with E-state index in [0.717, 1.165) is 47.6 Å². The van der Waals surface area contributed by atoms with E-state index in [1.54, 1.807) is 13.3 Å². The van der Waals surface area contributed by atoms with Gasteiger partial charge in [0.25, 0.3) is 5.91 Å². The van der Waals surface area contributed by atoms with E-state index in [2.05, 4.69) is 22.1 Å². The van der Waals surface area contributed by atoms with Crippen LogP contribution >= 0.6 is 0 Å². The molecule has 2 aliphatic rings. The van der Waals surface area contributed by atoms with E-state index in [0.29, 0.717) is 19.0 Å². The van der Waals surface area contributed by atoms with Gasteiger partial charge in [-0.25, -0.2) is 9.97 Å². The maximum Gasteiger partial charge on any atom is 0.254 e. The van der Waals surface area contributed by atoms with E-state index in [1.807, 2.05) is 23.1 Å². The van der Waals surface area contributed by atoms with E-state index in [-0.39, 0.29) is 5.91 Å². The molecule has 0 radical (unpaired) electrons. The number of benzene rings is 1. The molecule has 5 rings (SSSR count). The molecule has 3 heterocycles. The summed E-state index contributed by atoms with van der Waals surface area (Å²) >= 11 is 0. The number of amides is 1. The number of H-pyrrole nitrogens is 1. The van der Waals surface area contributed by atoms with Crippen molar-refractivity contribution in [2.45, 2.75) is 32.2 Å². The van der Waals surface area contributed by atoms with Crippen LogP contribution < -0.4 is 4.74 Å². The molecule has 0 spiro atoms. The molecule has 1 aromatic carbocycles. The van der Waals surface area contributed by atoms with Crippen LogP contribution in [0.2, 0.25) is 0 Å². The number of aromatic amines is 1. The van der Waals surface area contributed by atoms with Crippen molar-refractivity contribution in [2.75, 3.05) is 13.7 Å². The Balaban J connectivity index is 1.36. The van der Waals surface area contributed by atoms with Gasteiger partial charge in [0, 0.05) is 36.4 Å². The summed E-state index contributed by atoms with van der Waals surface area (Å²) in [6, 6.07) is 9.94. The minimum atomic E-state index is 0.0996. The molecule has 6 heteroatoms. The second-order valence-electron chi connectivity index (χ2n) is 7.41. The van der Waals surface area contributed by atoms with Crippen LogP contribution in [0.1, 0.15) is 39.3 Å². The van der Waals surface area contributed by atoms with Crippen molar-refractivity contribution in [1.29, 1.82) is 0 Å². The van der Waals surface area contributed by atoms with Gasteiger partial charge in [0.1, 0.15) is 5.82 Å². The van der Waals surface area contributed by atoms with E-state index in [1.165, 1.54) is 17.5 Å². The van der Waals surface area contributed by atoms with Gasteiger partial charge in [-0.1, -0.05) is 6.07 Å². The van der Waals surface area contributed by atoms with Crippen LogP contribution in [-0.4, -0.2) is 39.4 Å². The Kier molecular flexibility index (Phi) is 4.11. The lowest BCUT2D eigenvalue weighted by atomic mass is 10.0. The topological polar surface area (TPSA) is 71.1 Å². The van der Waals surface area contributed by atoms with E-state index in [9.17, 15) is 4.79 Å². The maximum atomic E-state index is 13.0. The zero-order valence-corrected chi connectivity index (χ0v) is 15.9. The van der Waals surface area contributed by atoms with Gasteiger partial charge in [-0.3, -0.25) is 4.79 Å². The number of nitrogens with zero attached hydrogens (tertiary/aromatic N) is 3. The highest BCUT2D eigenvalue weighted by molar-refractivity contribution is 5.94. The number of fused-ring (bicyclic) bond motifs is 2. The Morgan fingerprint density at radius 1 is 1.14 bits per heavy atom. The van der Waals surface area contributed by atoms with Crippen LogP contribution in [0.4, 0.5) is 0 Å². The minimum absolute atomic E-state index is 0.0996. The van der Waals surface area contributed by atoms with E-state index < -0.39 is 0 Å². The standard InChI is InChI=1S/C22H22N4O2/c1-28-20-8-7-17(12-23-20)21-24-18-9-10-26(13-19(18)25-21)22(27)16-6-5-14-3-2-4-15(14)11-16/h5-8,11-12H,2-4,9-10,13H2,1H3,(H,24,25). The summed E-state index contributed by atoms with van der Waals surface area (Å²) < 4.78 is 5.11. The minimum Gasteiger partial charge on any atom is -0.481 e. The number of imidazole rings is 1. The lowest BCUT2D eigenvalue weighted by Crippen LogP contribution is -2.36. The molecule has 2 aromatic heterocycles. The first kappa shape index (κ1) is 17.0. The number of pyridine rings is 1. The van der Waals surface area contributed by atoms with E-state index in [4.69, 9.17) is 9.72 Å². The van der Waals surface area contributed by atoms with Gasteiger partial charge in [-0.15, -0.1) is 0 Å². The average molecular weight is 374 g/mol. The van der Waals surface area contributed by atoms with Crippen LogP contribution in [0, 0.1) is 0 Å². The van der Waals surface area contributed by atoms with Crippen LogP contribution in [0.5, 0.6) is 5.88 Å². The van der Waals surface area contributed by atoms with Gasteiger partial charge in [-0.05, 0) is 48.6 Å². The smallest absolute Gasteiger partial charge is 0.254 e. The number of nitrogens with one attached hydrogen (secondary N) is 1. The zero-order valence-electron chi connectivity index (χ0n) is 15.9. The number of hydrogen-bond acceptors (Lipinski definition) is 4. The van der Waals surface area contributed by atoms with Gasteiger partial charge in [0.15, 0.2) is 0 Å². The number of aryl methyl sites for hydroxylation is 2. The first-order chi connectivity index (χ1) is 13.7. The van der Waals surface area contributed by atoms with Crippen LogP contribution in [0.15, 0.2) is 36.5 Å². The zero-order chi connectivity index (χ0) is 19.1. The summed E-state index contributed by atoms with van der Waals surface area (Å²) in [6.07, 6.45) is 5.91. The first-order valence-electron chi connectivity index (χ1n) is 9.70. The molecule has 0 unspecified atom stereocenters. The van der Waals surface area contributed by atoms with Crippen molar-refractivity contribution in [3.05, 3.63) is 64.6 Å². The third-order valence-electron chi connectivity index (χ3n) is 5.68. The van der Waals surface area contributed by atoms with Crippen molar-refractivity contribution >= 4 is 5.91 Å². The maximum absolute atomic E-state index is 13.0. The monoisotopic (exact) mass is 374 g/mol.